The summed E-state index contributed by atoms with van der Waals surface area (Å²) in [6.45, 7) is 4.18. The van der Waals surface area contributed by atoms with E-state index in [0.29, 0.717) is 18.0 Å². The standard InChI is InChI=1S/C12H13N3O3/c1-3-17-10-6-4-9(5-7-10)13-12(16)11-8(2)14-18-15-11/h4-7H,3H2,1-2H3,(H,13,16). The molecule has 0 atom stereocenters. The summed E-state index contributed by atoms with van der Waals surface area (Å²) in [5.41, 5.74) is 1.30. The lowest BCUT2D eigenvalue weighted by Gasteiger charge is -2.05. The number of aryl methyl sites for hydroxylation is 1. The molecule has 0 aliphatic heterocycles. The number of ether oxygens (including phenoxy) is 1. The van der Waals surface area contributed by atoms with Gasteiger partial charge < -0.3 is 10.1 Å². The maximum Gasteiger partial charge on any atom is 0.279 e. The van der Waals surface area contributed by atoms with Gasteiger partial charge in [0, 0.05) is 5.69 Å². The highest BCUT2D eigenvalue weighted by Gasteiger charge is 2.14. The predicted octanol–water partition coefficient (Wildman–Crippen LogP) is 2.03. The Hall–Kier alpha value is -2.37. The molecule has 2 rings (SSSR count). The van der Waals surface area contributed by atoms with Crippen LogP contribution in [0.25, 0.3) is 0 Å². The van der Waals surface area contributed by atoms with Crippen molar-refractivity contribution in [1.29, 1.82) is 0 Å². The van der Waals surface area contributed by atoms with Crippen molar-refractivity contribution in [3.63, 3.8) is 0 Å². The topological polar surface area (TPSA) is 77.2 Å². The van der Waals surface area contributed by atoms with Gasteiger partial charge in [-0.3, -0.25) is 4.79 Å². The van der Waals surface area contributed by atoms with Gasteiger partial charge in [0.15, 0.2) is 5.69 Å². The first-order chi connectivity index (χ1) is 8.70. The molecule has 2 aromatic rings. The van der Waals surface area contributed by atoms with E-state index in [4.69, 9.17) is 4.74 Å². The average Bonchev–Trinajstić information content (AvgIpc) is 2.78. The summed E-state index contributed by atoms with van der Waals surface area (Å²) in [4.78, 5) is 11.8. The van der Waals surface area contributed by atoms with Crippen LogP contribution in [0.3, 0.4) is 0 Å². The first-order valence-electron chi connectivity index (χ1n) is 5.54. The van der Waals surface area contributed by atoms with E-state index in [1.165, 1.54) is 0 Å². The third kappa shape index (κ3) is 2.65. The number of benzene rings is 1. The highest BCUT2D eigenvalue weighted by Crippen LogP contribution is 2.16. The molecule has 0 spiro atoms. The summed E-state index contributed by atoms with van der Waals surface area (Å²) < 4.78 is 9.78. The summed E-state index contributed by atoms with van der Waals surface area (Å²) in [5.74, 6) is 0.410. The van der Waals surface area contributed by atoms with Crippen LogP contribution in [0.2, 0.25) is 0 Å². The highest BCUT2D eigenvalue weighted by atomic mass is 16.6. The lowest BCUT2D eigenvalue weighted by Crippen LogP contribution is -2.13. The molecule has 0 bridgehead atoms. The fourth-order valence-electron chi connectivity index (χ4n) is 1.43. The van der Waals surface area contributed by atoms with E-state index < -0.39 is 0 Å². The van der Waals surface area contributed by atoms with Crippen LogP contribution in [0.5, 0.6) is 5.75 Å². The van der Waals surface area contributed by atoms with Crippen molar-refractivity contribution in [2.45, 2.75) is 13.8 Å². The van der Waals surface area contributed by atoms with Crippen LogP contribution in [-0.2, 0) is 0 Å². The number of carbonyl (C=O) groups is 1. The molecule has 1 aromatic carbocycles. The van der Waals surface area contributed by atoms with E-state index in [9.17, 15) is 4.79 Å². The summed E-state index contributed by atoms with van der Waals surface area (Å²) >= 11 is 0. The number of nitrogens with zero attached hydrogens (tertiary/aromatic N) is 2. The number of hydrogen-bond acceptors (Lipinski definition) is 5. The van der Waals surface area contributed by atoms with Crippen LogP contribution in [0.15, 0.2) is 28.9 Å². The molecule has 0 aliphatic carbocycles. The van der Waals surface area contributed by atoms with E-state index in [-0.39, 0.29) is 11.6 Å². The van der Waals surface area contributed by atoms with Crippen LogP contribution >= 0.6 is 0 Å². The largest absolute Gasteiger partial charge is 0.494 e. The molecule has 0 unspecified atom stereocenters. The summed E-state index contributed by atoms with van der Waals surface area (Å²) in [6.07, 6.45) is 0. The SMILES string of the molecule is CCOc1ccc(NC(=O)c2nonc2C)cc1. The third-order valence-corrected chi connectivity index (χ3v) is 2.29. The van der Waals surface area contributed by atoms with Crippen LogP contribution in [0, 0.1) is 6.92 Å². The van der Waals surface area contributed by atoms with Gasteiger partial charge in [-0.05, 0) is 43.3 Å². The first kappa shape index (κ1) is 12.1. The third-order valence-electron chi connectivity index (χ3n) is 2.29. The number of rotatable bonds is 4. The number of aromatic nitrogens is 2. The molecule has 1 N–H and O–H groups in total. The van der Waals surface area contributed by atoms with Gasteiger partial charge in [-0.25, -0.2) is 4.63 Å². The van der Waals surface area contributed by atoms with Crippen LogP contribution in [-0.4, -0.2) is 22.8 Å². The minimum absolute atomic E-state index is 0.184. The van der Waals surface area contributed by atoms with Crippen molar-refractivity contribution < 1.29 is 14.2 Å². The molecule has 1 amide bonds. The molecule has 94 valence electrons. The van der Waals surface area contributed by atoms with Gasteiger partial charge in [0.25, 0.3) is 5.91 Å². The van der Waals surface area contributed by atoms with Crippen LogP contribution in [0.1, 0.15) is 23.1 Å². The number of carbonyl (C=O) groups excluding carboxylic acids is 1. The Morgan fingerprint density at radius 1 is 1.33 bits per heavy atom. The Kier molecular flexibility index (Phi) is 3.57. The van der Waals surface area contributed by atoms with Crippen molar-refractivity contribution in [1.82, 2.24) is 10.3 Å². The van der Waals surface area contributed by atoms with Gasteiger partial charge in [-0.1, -0.05) is 5.16 Å². The molecule has 6 heteroatoms. The molecule has 1 heterocycles. The number of anilines is 1. The molecule has 0 fully saturated rings. The quantitative estimate of drug-likeness (QED) is 0.894. The number of amides is 1. The Balaban J connectivity index is 2.05. The minimum atomic E-state index is -0.349. The zero-order valence-corrected chi connectivity index (χ0v) is 10.1. The first-order valence-corrected chi connectivity index (χ1v) is 5.54. The molecule has 0 saturated heterocycles. The highest BCUT2D eigenvalue weighted by molar-refractivity contribution is 6.03. The molecule has 0 saturated carbocycles. The second kappa shape index (κ2) is 5.31. The van der Waals surface area contributed by atoms with Gasteiger partial charge in [0.1, 0.15) is 11.4 Å². The van der Waals surface area contributed by atoms with Gasteiger partial charge >= 0.3 is 0 Å². The summed E-state index contributed by atoms with van der Waals surface area (Å²) in [7, 11) is 0. The Labute approximate surface area is 104 Å². The molecule has 18 heavy (non-hydrogen) atoms. The van der Waals surface area contributed by atoms with Crippen LogP contribution in [0.4, 0.5) is 5.69 Å². The van der Waals surface area contributed by atoms with Crippen molar-refractivity contribution in [2.24, 2.45) is 0 Å². The van der Waals surface area contributed by atoms with Gasteiger partial charge in [0.05, 0.1) is 6.61 Å². The van der Waals surface area contributed by atoms with Crippen molar-refractivity contribution in [3.8, 4) is 5.75 Å². The van der Waals surface area contributed by atoms with Crippen molar-refractivity contribution in [2.75, 3.05) is 11.9 Å². The number of nitrogens with one attached hydrogen (secondary N) is 1. The molecule has 6 nitrogen and oxygen atoms in total. The second-order valence-corrected chi connectivity index (χ2v) is 3.61. The molecule has 0 radical (unpaired) electrons. The second-order valence-electron chi connectivity index (χ2n) is 3.61. The molecule has 1 aromatic heterocycles. The average molecular weight is 247 g/mol. The fourth-order valence-corrected chi connectivity index (χ4v) is 1.43. The lowest BCUT2D eigenvalue weighted by atomic mass is 10.2. The fraction of sp³-hybridized carbons (Fsp3) is 0.250. The van der Waals surface area contributed by atoms with E-state index in [1.54, 1.807) is 31.2 Å². The van der Waals surface area contributed by atoms with Crippen LogP contribution < -0.4 is 10.1 Å². The predicted molar refractivity (Wildman–Crippen MR) is 64.6 cm³/mol. The molecule has 0 aliphatic rings. The Bertz CT molecular complexity index is 534. The molecular weight excluding hydrogens is 234 g/mol. The summed E-state index contributed by atoms with van der Waals surface area (Å²) in [6, 6.07) is 7.08. The Morgan fingerprint density at radius 3 is 2.61 bits per heavy atom. The Morgan fingerprint density at radius 2 is 2.06 bits per heavy atom. The minimum Gasteiger partial charge on any atom is -0.494 e. The van der Waals surface area contributed by atoms with Crippen molar-refractivity contribution >= 4 is 11.6 Å². The maximum atomic E-state index is 11.8. The van der Waals surface area contributed by atoms with Gasteiger partial charge in [0.2, 0.25) is 0 Å². The van der Waals surface area contributed by atoms with E-state index in [0.717, 1.165) is 5.75 Å². The van der Waals surface area contributed by atoms with E-state index in [1.807, 2.05) is 6.92 Å². The smallest absolute Gasteiger partial charge is 0.279 e. The van der Waals surface area contributed by atoms with Gasteiger partial charge in [-0.2, -0.15) is 0 Å². The lowest BCUT2D eigenvalue weighted by molar-refractivity contribution is 0.101. The number of hydrogen-bond donors (Lipinski definition) is 1. The van der Waals surface area contributed by atoms with E-state index >= 15 is 0 Å². The zero-order chi connectivity index (χ0) is 13.0. The monoisotopic (exact) mass is 247 g/mol. The van der Waals surface area contributed by atoms with E-state index in [2.05, 4.69) is 20.3 Å². The van der Waals surface area contributed by atoms with Crippen molar-refractivity contribution in [3.05, 3.63) is 35.7 Å². The summed E-state index contributed by atoms with van der Waals surface area (Å²) in [5, 5.41) is 9.78. The normalized spacial score (nSPS) is 10.1. The molecular formula is C12H13N3O3. The maximum absolute atomic E-state index is 11.8. The zero-order valence-electron chi connectivity index (χ0n) is 10.1. The van der Waals surface area contributed by atoms with Gasteiger partial charge in [-0.15, -0.1) is 0 Å².